The normalized spacial score (nSPS) is 15.3. The maximum Gasteiger partial charge on any atom is 0.141 e. The van der Waals surface area contributed by atoms with E-state index in [-0.39, 0.29) is 0 Å². The number of hydrogen-bond donors (Lipinski definition) is 1. The number of H-pyrrole nitrogens is 1. The Balaban J connectivity index is 1.89. The molecule has 0 amide bonds. The first-order chi connectivity index (χ1) is 10.4. The molecule has 3 heterocycles. The fraction of sp³-hybridized carbons (Fsp3) is 0.214. The van der Waals surface area contributed by atoms with Gasteiger partial charge in [-0.05, 0) is 30.9 Å². The zero-order valence-electron chi connectivity index (χ0n) is 11.1. The number of aromatic nitrogens is 6. The van der Waals surface area contributed by atoms with Gasteiger partial charge in [-0.15, -0.1) is 5.10 Å². The molecule has 21 heavy (non-hydrogen) atoms. The second-order valence-electron chi connectivity index (χ2n) is 4.99. The molecule has 1 N–H and O–H groups in total. The van der Waals surface area contributed by atoms with Crippen LogP contribution in [0.5, 0.6) is 0 Å². The lowest BCUT2D eigenvalue weighted by atomic mass is 10.2. The number of allylic oxidation sites excluding steroid dienone is 2. The molecule has 4 rings (SSSR count). The molecule has 0 unspecified atom stereocenters. The Kier molecular flexibility index (Phi) is 2.54. The third kappa shape index (κ3) is 1.97. The first kappa shape index (κ1) is 11.8. The van der Waals surface area contributed by atoms with Crippen LogP contribution < -0.4 is 0 Å². The summed E-state index contributed by atoms with van der Waals surface area (Å²) in [6.07, 6.45) is 9.13. The fourth-order valence-corrected chi connectivity index (χ4v) is 2.29. The van der Waals surface area contributed by atoms with Crippen molar-refractivity contribution in [2.24, 2.45) is 5.92 Å². The summed E-state index contributed by atoms with van der Waals surface area (Å²) < 4.78 is 1.55. The summed E-state index contributed by atoms with van der Waals surface area (Å²) in [7, 11) is 0. The molecule has 7 nitrogen and oxygen atoms in total. The minimum absolute atomic E-state index is 0.481. The monoisotopic (exact) mass is 277 g/mol. The standard InChI is InChI=1S/C14H11N7/c15-6-10(5-9-1-2-9)21-12(7-19-20-21)13-11-3-4-16-14(11)18-8-17-13/h3-5,7-9H,1-2H2,(H,16,17,18). The van der Waals surface area contributed by atoms with Gasteiger partial charge >= 0.3 is 0 Å². The fourth-order valence-electron chi connectivity index (χ4n) is 2.29. The van der Waals surface area contributed by atoms with Crippen LogP contribution in [0.25, 0.3) is 28.1 Å². The van der Waals surface area contributed by atoms with Gasteiger partial charge < -0.3 is 4.98 Å². The Morgan fingerprint density at radius 3 is 3.14 bits per heavy atom. The van der Waals surface area contributed by atoms with Gasteiger partial charge in [0.1, 0.15) is 35.1 Å². The Hall–Kier alpha value is -3.01. The number of nitrogens with zero attached hydrogens (tertiary/aromatic N) is 6. The maximum absolute atomic E-state index is 9.37. The van der Waals surface area contributed by atoms with Crippen molar-refractivity contribution in [3.05, 3.63) is 30.9 Å². The van der Waals surface area contributed by atoms with Crippen LogP contribution in [0.3, 0.4) is 0 Å². The van der Waals surface area contributed by atoms with Gasteiger partial charge in [-0.1, -0.05) is 5.21 Å². The molecule has 3 aromatic heterocycles. The third-order valence-corrected chi connectivity index (χ3v) is 3.50. The van der Waals surface area contributed by atoms with E-state index >= 15 is 0 Å². The van der Waals surface area contributed by atoms with Crippen LogP contribution >= 0.6 is 0 Å². The maximum atomic E-state index is 9.37. The van der Waals surface area contributed by atoms with Crippen molar-refractivity contribution in [3.8, 4) is 17.5 Å². The molecule has 1 aliphatic carbocycles. The minimum atomic E-state index is 0.481. The second-order valence-corrected chi connectivity index (χ2v) is 4.99. The Bertz CT molecular complexity index is 876. The third-order valence-electron chi connectivity index (χ3n) is 3.50. The van der Waals surface area contributed by atoms with Gasteiger partial charge in [0.05, 0.1) is 6.20 Å². The molecule has 0 aromatic carbocycles. The van der Waals surface area contributed by atoms with Gasteiger partial charge in [-0.2, -0.15) is 5.26 Å². The Labute approximate surface area is 120 Å². The van der Waals surface area contributed by atoms with Gasteiger partial charge in [0.2, 0.25) is 0 Å². The molecule has 0 spiro atoms. The van der Waals surface area contributed by atoms with Crippen LogP contribution in [0.4, 0.5) is 0 Å². The first-order valence-corrected chi connectivity index (χ1v) is 6.68. The van der Waals surface area contributed by atoms with E-state index in [0.717, 1.165) is 23.9 Å². The van der Waals surface area contributed by atoms with Gasteiger partial charge in [-0.3, -0.25) is 0 Å². The van der Waals surface area contributed by atoms with E-state index in [0.29, 0.717) is 23.0 Å². The highest BCUT2D eigenvalue weighted by molar-refractivity contribution is 5.90. The van der Waals surface area contributed by atoms with E-state index in [1.54, 1.807) is 10.9 Å². The average molecular weight is 277 g/mol. The van der Waals surface area contributed by atoms with Crippen molar-refractivity contribution in [1.29, 1.82) is 5.26 Å². The van der Waals surface area contributed by atoms with E-state index in [9.17, 15) is 5.26 Å². The van der Waals surface area contributed by atoms with Crippen molar-refractivity contribution in [2.75, 3.05) is 0 Å². The molecule has 0 radical (unpaired) electrons. The summed E-state index contributed by atoms with van der Waals surface area (Å²) >= 11 is 0. The van der Waals surface area contributed by atoms with Gasteiger partial charge in [0, 0.05) is 11.6 Å². The average Bonchev–Trinajstić information content (AvgIpc) is 3.02. The van der Waals surface area contributed by atoms with Gasteiger partial charge in [0.15, 0.2) is 0 Å². The lowest BCUT2D eigenvalue weighted by Crippen LogP contribution is -2.02. The quantitative estimate of drug-likeness (QED) is 0.738. The highest BCUT2D eigenvalue weighted by Gasteiger charge is 2.22. The number of nitriles is 1. The van der Waals surface area contributed by atoms with E-state index < -0.39 is 0 Å². The van der Waals surface area contributed by atoms with Crippen molar-refractivity contribution >= 4 is 16.7 Å². The molecular formula is C14H11N7. The summed E-state index contributed by atoms with van der Waals surface area (Å²) in [5, 5.41) is 18.2. The van der Waals surface area contributed by atoms with Gasteiger partial charge in [-0.25, -0.2) is 14.6 Å². The van der Waals surface area contributed by atoms with Crippen LogP contribution in [0, 0.1) is 17.2 Å². The van der Waals surface area contributed by atoms with Crippen molar-refractivity contribution < 1.29 is 0 Å². The summed E-state index contributed by atoms with van der Waals surface area (Å²) in [4.78, 5) is 11.5. The predicted octanol–water partition coefficient (Wildman–Crippen LogP) is 1.99. The molecule has 0 atom stereocenters. The van der Waals surface area contributed by atoms with Crippen LogP contribution in [0.15, 0.2) is 30.9 Å². The van der Waals surface area contributed by atoms with Crippen LogP contribution in [0.1, 0.15) is 12.8 Å². The molecule has 1 saturated carbocycles. The molecular weight excluding hydrogens is 266 g/mol. The predicted molar refractivity (Wildman–Crippen MR) is 75.5 cm³/mol. The lowest BCUT2D eigenvalue weighted by Gasteiger charge is -2.04. The van der Waals surface area contributed by atoms with Crippen LogP contribution in [-0.4, -0.2) is 29.9 Å². The number of hydrogen-bond acceptors (Lipinski definition) is 5. The highest BCUT2D eigenvalue weighted by Crippen LogP contribution is 2.33. The van der Waals surface area contributed by atoms with Crippen molar-refractivity contribution in [3.63, 3.8) is 0 Å². The summed E-state index contributed by atoms with van der Waals surface area (Å²) in [5.74, 6) is 0.481. The highest BCUT2D eigenvalue weighted by atomic mass is 15.4. The minimum Gasteiger partial charge on any atom is -0.346 e. The van der Waals surface area contributed by atoms with Gasteiger partial charge in [0.25, 0.3) is 0 Å². The second kappa shape index (κ2) is 4.52. The molecule has 0 aliphatic heterocycles. The number of rotatable bonds is 3. The zero-order valence-corrected chi connectivity index (χ0v) is 11.1. The lowest BCUT2D eigenvalue weighted by molar-refractivity contribution is 0.823. The summed E-state index contributed by atoms with van der Waals surface area (Å²) in [6, 6.07) is 4.10. The number of aromatic amines is 1. The van der Waals surface area contributed by atoms with Crippen molar-refractivity contribution in [2.45, 2.75) is 12.8 Å². The largest absolute Gasteiger partial charge is 0.346 e. The number of fused-ring (bicyclic) bond motifs is 1. The summed E-state index contributed by atoms with van der Waals surface area (Å²) in [6.45, 7) is 0. The molecule has 7 heteroatoms. The Morgan fingerprint density at radius 2 is 2.33 bits per heavy atom. The van der Waals surface area contributed by atoms with E-state index in [1.807, 2.05) is 18.3 Å². The first-order valence-electron chi connectivity index (χ1n) is 6.68. The topological polar surface area (TPSA) is 96.1 Å². The van der Waals surface area contributed by atoms with E-state index in [2.05, 4.69) is 31.3 Å². The zero-order chi connectivity index (χ0) is 14.2. The molecule has 102 valence electrons. The van der Waals surface area contributed by atoms with Crippen LogP contribution in [-0.2, 0) is 0 Å². The summed E-state index contributed by atoms with van der Waals surface area (Å²) in [5.41, 5.74) is 2.64. The molecule has 3 aromatic rings. The number of nitrogens with one attached hydrogen (secondary N) is 1. The Morgan fingerprint density at radius 1 is 1.43 bits per heavy atom. The van der Waals surface area contributed by atoms with E-state index in [1.165, 1.54) is 6.33 Å². The SMILES string of the molecule is N#CC(=CC1CC1)n1nncc1-c1ncnc2[nH]ccc12. The molecule has 0 saturated heterocycles. The van der Waals surface area contributed by atoms with E-state index in [4.69, 9.17) is 0 Å². The molecule has 1 aliphatic rings. The molecule has 0 bridgehead atoms. The smallest absolute Gasteiger partial charge is 0.141 e. The van der Waals surface area contributed by atoms with Crippen molar-refractivity contribution in [1.82, 2.24) is 29.9 Å². The van der Waals surface area contributed by atoms with Crippen LogP contribution in [0.2, 0.25) is 0 Å². The molecule has 1 fully saturated rings.